The summed E-state index contributed by atoms with van der Waals surface area (Å²) in [6.45, 7) is 1.42. The Hall–Kier alpha value is -3.09. The van der Waals surface area contributed by atoms with Gasteiger partial charge in [-0.05, 0) is 42.8 Å². The number of halogens is 3. The van der Waals surface area contributed by atoms with Crippen molar-refractivity contribution in [3.63, 3.8) is 0 Å². The molecule has 166 valence electrons. The molecule has 9 heteroatoms. The second-order valence-electron chi connectivity index (χ2n) is 6.79. The van der Waals surface area contributed by atoms with Gasteiger partial charge in [-0.1, -0.05) is 12.1 Å². The number of anilines is 2. The molecule has 2 aromatic carbocycles. The summed E-state index contributed by atoms with van der Waals surface area (Å²) in [5.74, 6) is -1.59. The molecule has 0 heterocycles. The molecule has 6 nitrogen and oxygen atoms in total. The van der Waals surface area contributed by atoms with Crippen molar-refractivity contribution in [2.45, 2.75) is 31.5 Å². The topological polar surface area (TPSA) is 91.6 Å². The number of rotatable bonds is 10. The minimum atomic E-state index is -4.65. The van der Waals surface area contributed by atoms with Crippen LogP contribution < -0.4 is 5.32 Å². The SMILES string of the molecule is CCO[C@@H](c1ccc([C@@H](COC)CC(=O)O)cc1Nc1ccc(C#N)cc1)C(F)(F)F. The Balaban J connectivity index is 2.55. The number of nitriles is 1. The predicted molar refractivity (Wildman–Crippen MR) is 108 cm³/mol. The van der Waals surface area contributed by atoms with E-state index in [1.165, 1.54) is 44.4 Å². The second kappa shape index (κ2) is 10.8. The van der Waals surface area contributed by atoms with E-state index in [1.54, 1.807) is 12.1 Å². The number of alkyl halides is 3. The number of carbonyl (C=O) groups is 1. The van der Waals surface area contributed by atoms with Gasteiger partial charge in [-0.25, -0.2) is 0 Å². The van der Waals surface area contributed by atoms with Crippen LogP contribution in [-0.4, -0.2) is 37.6 Å². The lowest BCUT2D eigenvalue weighted by Crippen LogP contribution is -2.24. The van der Waals surface area contributed by atoms with Crippen molar-refractivity contribution in [2.75, 3.05) is 25.6 Å². The highest BCUT2D eigenvalue weighted by Crippen LogP contribution is 2.41. The van der Waals surface area contributed by atoms with Gasteiger partial charge >= 0.3 is 12.1 Å². The molecule has 0 radical (unpaired) electrons. The Bertz CT molecular complexity index is 924. The first-order valence-corrected chi connectivity index (χ1v) is 9.49. The molecule has 2 rings (SSSR count). The first-order chi connectivity index (χ1) is 14.7. The van der Waals surface area contributed by atoms with Gasteiger partial charge in [0, 0.05) is 36.6 Å². The van der Waals surface area contributed by atoms with Crippen molar-refractivity contribution in [2.24, 2.45) is 0 Å². The zero-order valence-electron chi connectivity index (χ0n) is 17.1. The molecule has 0 unspecified atom stereocenters. The van der Waals surface area contributed by atoms with E-state index in [9.17, 15) is 23.1 Å². The standard InChI is InChI=1S/C22H23F3N2O4/c1-3-31-21(22(23,24)25)18-9-6-15(16(13-30-2)11-20(28)29)10-19(18)27-17-7-4-14(12-26)5-8-17/h4-10,16,21,27H,3,11,13H2,1-2H3,(H,28,29)/t16-,21+/m1/s1. The lowest BCUT2D eigenvalue weighted by molar-refractivity contribution is -0.222. The van der Waals surface area contributed by atoms with Crippen LogP contribution in [0.2, 0.25) is 0 Å². The number of methoxy groups -OCH3 is 1. The third-order valence-corrected chi connectivity index (χ3v) is 4.54. The van der Waals surface area contributed by atoms with Gasteiger partial charge in [-0.3, -0.25) is 4.79 Å². The zero-order chi connectivity index (χ0) is 23.0. The number of nitrogens with zero attached hydrogens (tertiary/aromatic N) is 1. The summed E-state index contributed by atoms with van der Waals surface area (Å²) in [6.07, 6.45) is -7.05. The average Bonchev–Trinajstić information content (AvgIpc) is 2.71. The molecule has 0 fully saturated rings. The summed E-state index contributed by atoms with van der Waals surface area (Å²) in [5.41, 5.74) is 1.39. The molecule has 0 aliphatic rings. The van der Waals surface area contributed by atoms with Crippen molar-refractivity contribution in [3.05, 3.63) is 59.2 Å². The Kier molecular flexibility index (Phi) is 8.42. The first-order valence-electron chi connectivity index (χ1n) is 9.49. The molecule has 0 aromatic heterocycles. The molecular formula is C22H23F3N2O4. The van der Waals surface area contributed by atoms with Crippen molar-refractivity contribution >= 4 is 17.3 Å². The maximum atomic E-state index is 13.7. The first kappa shape index (κ1) is 24.2. The van der Waals surface area contributed by atoms with Crippen LogP contribution in [0.4, 0.5) is 24.5 Å². The Morgan fingerprint density at radius 2 is 1.90 bits per heavy atom. The lowest BCUT2D eigenvalue weighted by Gasteiger charge is -2.25. The van der Waals surface area contributed by atoms with Crippen LogP contribution in [0.15, 0.2) is 42.5 Å². The van der Waals surface area contributed by atoms with Gasteiger partial charge < -0.3 is 19.9 Å². The van der Waals surface area contributed by atoms with E-state index in [1.807, 2.05) is 6.07 Å². The molecule has 0 bridgehead atoms. The molecule has 0 saturated carbocycles. The Labute approximate surface area is 178 Å². The number of aliphatic carboxylic acids is 1. The molecule has 31 heavy (non-hydrogen) atoms. The van der Waals surface area contributed by atoms with Gasteiger partial charge in [-0.15, -0.1) is 0 Å². The number of hydrogen-bond acceptors (Lipinski definition) is 5. The fraction of sp³-hybridized carbons (Fsp3) is 0.364. The normalized spacial score (nSPS) is 13.3. The van der Waals surface area contributed by atoms with E-state index in [4.69, 9.17) is 14.7 Å². The third-order valence-electron chi connectivity index (χ3n) is 4.54. The van der Waals surface area contributed by atoms with Crippen LogP contribution in [-0.2, 0) is 14.3 Å². The molecule has 2 N–H and O–H groups in total. The predicted octanol–water partition coefficient (Wildman–Crippen LogP) is 5.15. The quantitative estimate of drug-likeness (QED) is 0.535. The lowest BCUT2D eigenvalue weighted by atomic mass is 9.93. The van der Waals surface area contributed by atoms with Crippen LogP contribution in [0.25, 0.3) is 0 Å². The molecular weight excluding hydrogens is 413 g/mol. The van der Waals surface area contributed by atoms with E-state index >= 15 is 0 Å². The fourth-order valence-corrected chi connectivity index (χ4v) is 3.16. The molecule has 0 aliphatic heterocycles. The minimum absolute atomic E-state index is 0.0934. The van der Waals surface area contributed by atoms with Crippen LogP contribution >= 0.6 is 0 Å². The maximum Gasteiger partial charge on any atom is 0.418 e. The highest BCUT2D eigenvalue weighted by molar-refractivity contribution is 5.69. The van der Waals surface area contributed by atoms with Gasteiger partial charge in [-0.2, -0.15) is 18.4 Å². The van der Waals surface area contributed by atoms with Gasteiger partial charge in [0.1, 0.15) is 0 Å². The van der Waals surface area contributed by atoms with Gasteiger partial charge in [0.05, 0.1) is 24.7 Å². The highest BCUT2D eigenvalue weighted by Gasteiger charge is 2.43. The van der Waals surface area contributed by atoms with E-state index in [-0.39, 0.29) is 30.9 Å². The van der Waals surface area contributed by atoms with Crippen LogP contribution in [0, 0.1) is 11.3 Å². The second-order valence-corrected chi connectivity index (χ2v) is 6.79. The summed E-state index contributed by atoms with van der Waals surface area (Å²) < 4.78 is 51.1. The zero-order valence-corrected chi connectivity index (χ0v) is 17.1. The molecule has 2 atom stereocenters. The minimum Gasteiger partial charge on any atom is -0.481 e. The molecule has 2 aromatic rings. The maximum absolute atomic E-state index is 13.7. The molecule has 0 amide bonds. The van der Waals surface area contributed by atoms with Gasteiger partial charge in [0.25, 0.3) is 0 Å². The van der Waals surface area contributed by atoms with Crippen molar-refractivity contribution in [1.29, 1.82) is 5.26 Å². The van der Waals surface area contributed by atoms with Crippen LogP contribution in [0.3, 0.4) is 0 Å². The van der Waals surface area contributed by atoms with Crippen molar-refractivity contribution in [1.82, 2.24) is 0 Å². The average molecular weight is 436 g/mol. The third kappa shape index (κ3) is 6.70. The number of carboxylic acid groups (broad SMARTS) is 1. The molecule has 0 spiro atoms. The number of hydrogen-bond donors (Lipinski definition) is 2. The van der Waals surface area contributed by atoms with E-state index < -0.39 is 24.2 Å². The van der Waals surface area contributed by atoms with Gasteiger partial charge in [0.2, 0.25) is 0 Å². The highest BCUT2D eigenvalue weighted by atomic mass is 19.4. The summed E-state index contributed by atoms with van der Waals surface area (Å²) in [6, 6.07) is 12.4. The van der Waals surface area contributed by atoms with E-state index in [2.05, 4.69) is 5.32 Å². The fourth-order valence-electron chi connectivity index (χ4n) is 3.16. The van der Waals surface area contributed by atoms with Crippen LogP contribution in [0.1, 0.15) is 42.1 Å². The van der Waals surface area contributed by atoms with Crippen molar-refractivity contribution in [3.8, 4) is 6.07 Å². The van der Waals surface area contributed by atoms with Crippen LogP contribution in [0.5, 0.6) is 0 Å². The Morgan fingerprint density at radius 3 is 2.42 bits per heavy atom. The molecule has 0 aliphatic carbocycles. The van der Waals surface area contributed by atoms with Crippen molar-refractivity contribution < 1.29 is 32.5 Å². The number of ether oxygens (including phenoxy) is 2. The van der Waals surface area contributed by atoms with E-state index in [0.717, 1.165) is 0 Å². The summed E-state index contributed by atoms with van der Waals surface area (Å²) in [5, 5.41) is 21.1. The molecule has 0 saturated heterocycles. The summed E-state index contributed by atoms with van der Waals surface area (Å²) in [7, 11) is 1.42. The number of carboxylic acids is 1. The largest absolute Gasteiger partial charge is 0.481 e. The Morgan fingerprint density at radius 1 is 1.23 bits per heavy atom. The van der Waals surface area contributed by atoms with E-state index in [0.29, 0.717) is 16.8 Å². The number of nitrogens with one attached hydrogen (secondary N) is 1. The summed E-state index contributed by atoms with van der Waals surface area (Å²) in [4.78, 5) is 11.2. The smallest absolute Gasteiger partial charge is 0.418 e. The van der Waals surface area contributed by atoms with Gasteiger partial charge in [0.15, 0.2) is 6.10 Å². The number of benzene rings is 2. The monoisotopic (exact) mass is 436 g/mol. The summed E-state index contributed by atoms with van der Waals surface area (Å²) >= 11 is 0.